The largest absolute Gasteiger partial charge is 0.384 e. The van der Waals surface area contributed by atoms with E-state index in [1.54, 1.807) is 17.8 Å². The molecule has 0 saturated heterocycles. The summed E-state index contributed by atoms with van der Waals surface area (Å²) in [6, 6.07) is 14.4. The Kier molecular flexibility index (Phi) is 3.87. The van der Waals surface area contributed by atoms with Gasteiger partial charge in [-0.15, -0.1) is 0 Å². The molecular formula is C15H14FN3S. The van der Waals surface area contributed by atoms with Crippen LogP contribution in [0.5, 0.6) is 0 Å². The summed E-state index contributed by atoms with van der Waals surface area (Å²) >= 11 is 1.65. The lowest BCUT2D eigenvalue weighted by Crippen LogP contribution is -2.04. The van der Waals surface area contributed by atoms with Gasteiger partial charge in [0, 0.05) is 18.0 Å². The summed E-state index contributed by atoms with van der Waals surface area (Å²) in [5, 5.41) is 4.10. The van der Waals surface area contributed by atoms with Crippen molar-refractivity contribution in [2.45, 2.75) is 5.16 Å². The van der Waals surface area contributed by atoms with Crippen molar-refractivity contribution in [1.29, 1.82) is 0 Å². The number of rotatable bonds is 5. The van der Waals surface area contributed by atoms with Crippen LogP contribution in [0.1, 0.15) is 0 Å². The third-order valence-electron chi connectivity index (χ3n) is 2.86. The highest BCUT2D eigenvalue weighted by molar-refractivity contribution is 7.99. The lowest BCUT2D eigenvalue weighted by atomic mass is 10.3. The van der Waals surface area contributed by atoms with Crippen LogP contribution in [0.3, 0.4) is 0 Å². The van der Waals surface area contributed by atoms with Gasteiger partial charge in [-0.1, -0.05) is 30.0 Å². The van der Waals surface area contributed by atoms with E-state index in [2.05, 4.69) is 15.3 Å². The fraction of sp³-hybridized carbons (Fsp3) is 0.133. The van der Waals surface area contributed by atoms with Gasteiger partial charge in [-0.2, -0.15) is 0 Å². The number of imidazole rings is 1. The van der Waals surface area contributed by atoms with E-state index >= 15 is 0 Å². The first-order valence-corrected chi connectivity index (χ1v) is 7.37. The molecule has 20 heavy (non-hydrogen) atoms. The van der Waals surface area contributed by atoms with E-state index in [4.69, 9.17) is 0 Å². The summed E-state index contributed by atoms with van der Waals surface area (Å²) in [6.07, 6.45) is 0. The molecule has 0 aliphatic carbocycles. The number of nitrogens with one attached hydrogen (secondary N) is 2. The summed E-state index contributed by atoms with van der Waals surface area (Å²) < 4.78 is 13.0. The van der Waals surface area contributed by atoms with E-state index in [-0.39, 0.29) is 5.82 Å². The Morgan fingerprint density at radius 3 is 2.90 bits per heavy atom. The van der Waals surface area contributed by atoms with Crippen molar-refractivity contribution in [3.63, 3.8) is 0 Å². The molecular weight excluding hydrogens is 273 g/mol. The zero-order valence-corrected chi connectivity index (χ0v) is 11.6. The van der Waals surface area contributed by atoms with Gasteiger partial charge >= 0.3 is 0 Å². The summed E-state index contributed by atoms with van der Waals surface area (Å²) in [4.78, 5) is 7.76. The number of anilines is 1. The summed E-state index contributed by atoms with van der Waals surface area (Å²) in [6.45, 7) is 0.755. The Bertz CT molecular complexity index is 678. The molecule has 0 radical (unpaired) electrons. The van der Waals surface area contributed by atoms with Crippen molar-refractivity contribution in [3.8, 4) is 0 Å². The normalized spacial score (nSPS) is 10.8. The average molecular weight is 287 g/mol. The van der Waals surface area contributed by atoms with Crippen molar-refractivity contribution in [1.82, 2.24) is 9.97 Å². The Labute approximate surface area is 120 Å². The molecule has 0 fully saturated rings. The third-order valence-corrected chi connectivity index (χ3v) is 3.74. The van der Waals surface area contributed by atoms with E-state index in [0.717, 1.165) is 34.2 Å². The average Bonchev–Trinajstić information content (AvgIpc) is 2.86. The molecule has 0 aliphatic heterocycles. The van der Waals surface area contributed by atoms with Gasteiger partial charge in [-0.25, -0.2) is 9.37 Å². The molecule has 2 aromatic carbocycles. The Morgan fingerprint density at radius 2 is 2.05 bits per heavy atom. The van der Waals surface area contributed by atoms with E-state index in [0.29, 0.717) is 0 Å². The van der Waals surface area contributed by atoms with Crippen LogP contribution in [0.4, 0.5) is 10.1 Å². The van der Waals surface area contributed by atoms with Gasteiger partial charge in [-0.05, 0) is 30.3 Å². The predicted molar refractivity (Wildman–Crippen MR) is 81.7 cm³/mol. The number of nitrogens with zero attached hydrogens (tertiary/aromatic N) is 1. The van der Waals surface area contributed by atoms with Crippen LogP contribution in [-0.2, 0) is 0 Å². The first kappa shape index (κ1) is 13.0. The molecule has 0 spiro atoms. The fourth-order valence-electron chi connectivity index (χ4n) is 1.94. The van der Waals surface area contributed by atoms with Crippen LogP contribution in [0.2, 0.25) is 0 Å². The third kappa shape index (κ3) is 3.11. The van der Waals surface area contributed by atoms with Crippen molar-refractivity contribution in [2.24, 2.45) is 0 Å². The number of hydrogen-bond acceptors (Lipinski definition) is 3. The lowest BCUT2D eigenvalue weighted by Gasteiger charge is -2.04. The van der Waals surface area contributed by atoms with Gasteiger partial charge in [0.2, 0.25) is 0 Å². The first-order valence-electron chi connectivity index (χ1n) is 6.38. The molecule has 0 aliphatic rings. The maximum atomic E-state index is 13.0. The van der Waals surface area contributed by atoms with Crippen LogP contribution in [-0.4, -0.2) is 22.3 Å². The Morgan fingerprint density at radius 1 is 1.15 bits per heavy atom. The zero-order chi connectivity index (χ0) is 13.8. The number of para-hydroxylation sites is 2. The van der Waals surface area contributed by atoms with Crippen molar-refractivity contribution in [3.05, 3.63) is 54.3 Å². The van der Waals surface area contributed by atoms with Crippen molar-refractivity contribution in [2.75, 3.05) is 17.6 Å². The molecule has 3 aromatic rings. The molecule has 5 heteroatoms. The topological polar surface area (TPSA) is 40.7 Å². The SMILES string of the molecule is Fc1cccc(NCCSc2nc3ccccc3[nH]2)c1. The summed E-state index contributed by atoms with van der Waals surface area (Å²) in [5.41, 5.74) is 2.83. The second-order valence-electron chi connectivity index (χ2n) is 4.34. The fourth-order valence-corrected chi connectivity index (χ4v) is 2.68. The first-order chi connectivity index (χ1) is 9.81. The van der Waals surface area contributed by atoms with E-state index in [1.807, 2.05) is 30.3 Å². The highest BCUT2D eigenvalue weighted by Crippen LogP contribution is 2.19. The lowest BCUT2D eigenvalue weighted by molar-refractivity contribution is 0.628. The number of aromatic nitrogens is 2. The van der Waals surface area contributed by atoms with Gasteiger partial charge in [0.1, 0.15) is 5.82 Å². The van der Waals surface area contributed by atoms with E-state index in [9.17, 15) is 4.39 Å². The standard InChI is InChI=1S/C15H14FN3S/c16-11-4-3-5-12(10-11)17-8-9-20-15-18-13-6-1-2-7-14(13)19-15/h1-7,10,17H,8-9H2,(H,18,19). The molecule has 0 saturated carbocycles. The van der Waals surface area contributed by atoms with Crippen molar-refractivity contribution >= 4 is 28.5 Å². The molecule has 0 unspecified atom stereocenters. The van der Waals surface area contributed by atoms with Gasteiger partial charge in [-0.3, -0.25) is 0 Å². The minimum absolute atomic E-state index is 0.222. The van der Waals surface area contributed by atoms with Crippen LogP contribution in [0.15, 0.2) is 53.7 Å². The van der Waals surface area contributed by atoms with Gasteiger partial charge < -0.3 is 10.3 Å². The molecule has 2 N–H and O–H groups in total. The molecule has 3 nitrogen and oxygen atoms in total. The number of halogens is 1. The van der Waals surface area contributed by atoms with Crippen LogP contribution in [0.25, 0.3) is 11.0 Å². The Balaban J connectivity index is 1.52. The van der Waals surface area contributed by atoms with Crippen molar-refractivity contribution < 1.29 is 4.39 Å². The molecule has 1 heterocycles. The van der Waals surface area contributed by atoms with Gasteiger partial charge in [0.25, 0.3) is 0 Å². The van der Waals surface area contributed by atoms with E-state index < -0.39 is 0 Å². The summed E-state index contributed by atoms with van der Waals surface area (Å²) in [7, 11) is 0. The van der Waals surface area contributed by atoms with E-state index in [1.165, 1.54) is 12.1 Å². The molecule has 0 amide bonds. The number of thioether (sulfide) groups is 1. The van der Waals surface area contributed by atoms with Crippen LogP contribution in [0, 0.1) is 5.82 Å². The minimum atomic E-state index is -0.222. The number of aromatic amines is 1. The molecule has 1 aromatic heterocycles. The molecule has 3 rings (SSSR count). The highest BCUT2D eigenvalue weighted by Gasteiger charge is 2.02. The smallest absolute Gasteiger partial charge is 0.166 e. The zero-order valence-electron chi connectivity index (χ0n) is 10.8. The second kappa shape index (κ2) is 5.96. The highest BCUT2D eigenvalue weighted by atomic mass is 32.2. The minimum Gasteiger partial charge on any atom is -0.384 e. The predicted octanol–water partition coefficient (Wildman–Crippen LogP) is 3.91. The van der Waals surface area contributed by atoms with Gasteiger partial charge in [0.15, 0.2) is 5.16 Å². The number of hydrogen-bond donors (Lipinski definition) is 2. The quantitative estimate of drug-likeness (QED) is 0.552. The maximum absolute atomic E-state index is 13.0. The summed E-state index contributed by atoms with van der Waals surface area (Å²) in [5.74, 6) is 0.635. The molecule has 102 valence electrons. The van der Waals surface area contributed by atoms with Crippen LogP contribution < -0.4 is 5.32 Å². The maximum Gasteiger partial charge on any atom is 0.166 e. The van der Waals surface area contributed by atoms with Crippen LogP contribution >= 0.6 is 11.8 Å². The van der Waals surface area contributed by atoms with Gasteiger partial charge in [0.05, 0.1) is 11.0 Å². The Hall–Kier alpha value is -2.01. The second-order valence-corrected chi connectivity index (χ2v) is 5.43. The monoisotopic (exact) mass is 287 g/mol. The molecule has 0 atom stereocenters. The molecule has 0 bridgehead atoms. The number of H-pyrrole nitrogens is 1. The number of benzene rings is 2. The number of fused-ring (bicyclic) bond motifs is 1.